The first kappa shape index (κ1) is 22.2. The number of hydrogen-bond acceptors (Lipinski definition) is 4. The summed E-state index contributed by atoms with van der Waals surface area (Å²) in [5.74, 6) is -0.262. The molecule has 0 bridgehead atoms. The largest absolute Gasteiger partial charge is 0.355 e. The average molecular weight is 442 g/mol. The number of amides is 2. The minimum atomic E-state index is -0.209. The Bertz CT molecular complexity index is 1280. The minimum absolute atomic E-state index is 0.0535. The van der Waals surface area contributed by atoms with Crippen molar-refractivity contribution in [3.8, 4) is 11.1 Å². The lowest BCUT2D eigenvalue weighted by molar-refractivity contribution is -0.118. The number of hydrogen-bond donors (Lipinski definition) is 3. The van der Waals surface area contributed by atoms with Crippen molar-refractivity contribution in [3.05, 3.63) is 89.9 Å². The van der Waals surface area contributed by atoms with Crippen molar-refractivity contribution >= 4 is 23.1 Å². The van der Waals surface area contributed by atoms with Crippen LogP contribution in [-0.4, -0.2) is 34.3 Å². The van der Waals surface area contributed by atoms with Crippen molar-refractivity contribution in [1.82, 2.24) is 20.0 Å². The Morgan fingerprint density at radius 1 is 1.03 bits per heavy atom. The Labute approximate surface area is 192 Å². The number of carbonyl (C=O) groups excluding carboxylic acids is 2. The van der Waals surface area contributed by atoms with Crippen LogP contribution in [0.3, 0.4) is 0 Å². The van der Waals surface area contributed by atoms with Crippen molar-refractivity contribution in [2.75, 3.05) is 18.4 Å². The molecule has 0 aliphatic heterocycles. The molecule has 0 saturated carbocycles. The van der Waals surface area contributed by atoms with E-state index in [0.29, 0.717) is 30.8 Å². The zero-order valence-electron chi connectivity index (χ0n) is 18.8. The number of aromatic nitrogens is 2. The maximum absolute atomic E-state index is 13.3. The highest BCUT2D eigenvalue weighted by atomic mass is 16.2. The summed E-state index contributed by atoms with van der Waals surface area (Å²) in [6, 6.07) is 17.9. The summed E-state index contributed by atoms with van der Waals surface area (Å²) in [7, 11) is 0. The van der Waals surface area contributed by atoms with E-state index in [1.807, 2.05) is 60.1 Å². The highest BCUT2D eigenvalue weighted by molar-refractivity contribution is 6.09. The van der Waals surface area contributed by atoms with Gasteiger partial charge in [0.2, 0.25) is 5.91 Å². The van der Waals surface area contributed by atoms with Crippen molar-refractivity contribution in [1.29, 1.82) is 0 Å². The van der Waals surface area contributed by atoms with Crippen LogP contribution in [0.5, 0.6) is 0 Å². The topological polar surface area (TPSA) is 87.5 Å². The fourth-order valence-corrected chi connectivity index (χ4v) is 3.81. The third-order valence-corrected chi connectivity index (χ3v) is 5.46. The second kappa shape index (κ2) is 10.1. The van der Waals surface area contributed by atoms with Gasteiger partial charge in [0.25, 0.3) is 5.91 Å². The van der Waals surface area contributed by atoms with Gasteiger partial charge in [-0.25, -0.2) is 4.98 Å². The molecule has 4 aromatic rings. The molecule has 33 heavy (non-hydrogen) atoms. The summed E-state index contributed by atoms with van der Waals surface area (Å²) in [6.07, 6.45) is 5.46. The highest BCUT2D eigenvalue weighted by Gasteiger charge is 2.16. The third kappa shape index (κ3) is 5.27. The molecule has 0 radical (unpaired) electrons. The van der Waals surface area contributed by atoms with Crippen LogP contribution in [-0.2, 0) is 11.3 Å². The van der Waals surface area contributed by atoms with Gasteiger partial charge < -0.3 is 20.4 Å². The molecule has 0 aliphatic rings. The average Bonchev–Trinajstić information content (AvgIpc) is 3.28. The molecule has 0 fully saturated rings. The quantitative estimate of drug-likeness (QED) is 0.363. The molecule has 0 atom stereocenters. The summed E-state index contributed by atoms with van der Waals surface area (Å²) in [5.41, 5.74) is 6.02. The monoisotopic (exact) mass is 441 g/mol. The number of carbonyl (C=O) groups is 2. The van der Waals surface area contributed by atoms with Gasteiger partial charge in [-0.1, -0.05) is 42.5 Å². The van der Waals surface area contributed by atoms with E-state index in [4.69, 9.17) is 0 Å². The van der Waals surface area contributed by atoms with Crippen LogP contribution in [0, 0.1) is 6.92 Å². The van der Waals surface area contributed by atoms with Gasteiger partial charge in [-0.2, -0.15) is 0 Å². The van der Waals surface area contributed by atoms with Crippen LogP contribution >= 0.6 is 0 Å². The lowest BCUT2D eigenvalue weighted by Crippen LogP contribution is -2.30. The fourth-order valence-electron chi connectivity index (χ4n) is 3.81. The number of anilines is 1. The van der Waals surface area contributed by atoms with Crippen LogP contribution in [0.4, 0.5) is 5.69 Å². The van der Waals surface area contributed by atoms with Gasteiger partial charge in [0, 0.05) is 50.8 Å². The molecule has 7 nitrogen and oxygen atoms in total. The number of fused-ring (bicyclic) bond motifs is 1. The number of benzene rings is 2. The Morgan fingerprint density at radius 2 is 1.85 bits per heavy atom. The van der Waals surface area contributed by atoms with Gasteiger partial charge in [0.1, 0.15) is 5.65 Å². The SMILES string of the molecule is CC(=O)NCCNCc1cc(C(=O)Nc2cccc(-c3ccccc3)c2C)c2nccn2c1. The van der Waals surface area contributed by atoms with Crippen molar-refractivity contribution in [2.24, 2.45) is 0 Å². The zero-order chi connectivity index (χ0) is 23.2. The van der Waals surface area contributed by atoms with E-state index in [2.05, 4.69) is 39.1 Å². The molecule has 7 heteroatoms. The second-order valence-corrected chi connectivity index (χ2v) is 7.88. The first-order valence-corrected chi connectivity index (χ1v) is 10.9. The van der Waals surface area contributed by atoms with E-state index < -0.39 is 0 Å². The van der Waals surface area contributed by atoms with Gasteiger partial charge in [-0.05, 0) is 41.3 Å². The van der Waals surface area contributed by atoms with Crippen LogP contribution < -0.4 is 16.0 Å². The fraction of sp³-hybridized carbons (Fsp3) is 0.192. The molecule has 168 valence electrons. The second-order valence-electron chi connectivity index (χ2n) is 7.88. The molecule has 2 heterocycles. The van der Waals surface area contributed by atoms with Crippen LogP contribution in [0.25, 0.3) is 16.8 Å². The summed E-state index contributed by atoms with van der Waals surface area (Å²) in [6.45, 7) is 5.26. The highest BCUT2D eigenvalue weighted by Crippen LogP contribution is 2.29. The lowest BCUT2D eigenvalue weighted by atomic mass is 9.99. The number of nitrogens with one attached hydrogen (secondary N) is 3. The zero-order valence-corrected chi connectivity index (χ0v) is 18.8. The van der Waals surface area contributed by atoms with E-state index in [1.165, 1.54) is 6.92 Å². The van der Waals surface area contributed by atoms with E-state index in [0.717, 1.165) is 27.9 Å². The molecule has 4 rings (SSSR count). The van der Waals surface area contributed by atoms with E-state index in [9.17, 15) is 9.59 Å². The maximum Gasteiger partial charge on any atom is 0.259 e. The normalized spacial score (nSPS) is 10.8. The van der Waals surface area contributed by atoms with Crippen molar-refractivity contribution in [3.63, 3.8) is 0 Å². The number of nitrogens with zero attached hydrogens (tertiary/aromatic N) is 2. The van der Waals surface area contributed by atoms with Gasteiger partial charge in [-0.15, -0.1) is 0 Å². The maximum atomic E-state index is 13.3. The Morgan fingerprint density at radius 3 is 2.64 bits per heavy atom. The molecule has 0 aliphatic carbocycles. The number of imidazole rings is 1. The van der Waals surface area contributed by atoms with Crippen molar-refractivity contribution in [2.45, 2.75) is 20.4 Å². The van der Waals surface area contributed by atoms with E-state index in [-0.39, 0.29) is 11.8 Å². The van der Waals surface area contributed by atoms with Gasteiger partial charge in [0.05, 0.1) is 5.56 Å². The van der Waals surface area contributed by atoms with Crippen LogP contribution in [0.15, 0.2) is 73.2 Å². The molecule has 0 saturated heterocycles. The molecule has 2 amide bonds. The predicted molar refractivity (Wildman–Crippen MR) is 130 cm³/mol. The van der Waals surface area contributed by atoms with Crippen LogP contribution in [0.1, 0.15) is 28.4 Å². The first-order chi connectivity index (χ1) is 16.0. The number of rotatable bonds is 8. The molecule has 0 unspecified atom stereocenters. The molecular weight excluding hydrogens is 414 g/mol. The molecule has 2 aromatic heterocycles. The van der Waals surface area contributed by atoms with E-state index >= 15 is 0 Å². The predicted octanol–water partition coefficient (Wildman–Crippen LogP) is 3.79. The lowest BCUT2D eigenvalue weighted by Gasteiger charge is -2.14. The molecular formula is C26H27N5O2. The number of pyridine rings is 1. The summed E-state index contributed by atoms with van der Waals surface area (Å²) in [5, 5.41) is 9.11. The van der Waals surface area contributed by atoms with Gasteiger partial charge >= 0.3 is 0 Å². The summed E-state index contributed by atoms with van der Waals surface area (Å²) < 4.78 is 1.85. The summed E-state index contributed by atoms with van der Waals surface area (Å²) in [4.78, 5) is 28.7. The first-order valence-electron chi connectivity index (χ1n) is 10.9. The van der Waals surface area contributed by atoms with Crippen LogP contribution in [0.2, 0.25) is 0 Å². The smallest absolute Gasteiger partial charge is 0.259 e. The van der Waals surface area contributed by atoms with Crippen molar-refractivity contribution < 1.29 is 9.59 Å². The van der Waals surface area contributed by atoms with Gasteiger partial charge in [0.15, 0.2) is 0 Å². The van der Waals surface area contributed by atoms with Gasteiger partial charge in [-0.3, -0.25) is 9.59 Å². The Hall–Kier alpha value is -3.97. The summed E-state index contributed by atoms with van der Waals surface area (Å²) >= 11 is 0. The molecule has 2 aromatic carbocycles. The third-order valence-electron chi connectivity index (χ3n) is 5.46. The standard InChI is InChI=1S/C26H27N5O2/c1-18-22(21-7-4-3-5-8-21)9-6-10-24(18)30-26(33)23-15-20(16-27-11-12-28-19(2)32)17-31-14-13-29-25(23)31/h3-10,13-15,17,27H,11-12,16H2,1-2H3,(H,28,32)(H,30,33). The minimum Gasteiger partial charge on any atom is -0.355 e. The molecule has 0 spiro atoms. The van der Waals surface area contributed by atoms with E-state index in [1.54, 1.807) is 6.20 Å². The Kier molecular flexibility index (Phi) is 6.80. The molecule has 3 N–H and O–H groups in total. The Balaban J connectivity index is 1.55.